The number of hydrogen-bond donors (Lipinski definition) is 2. The Hall–Kier alpha value is -0.170. The first-order valence-corrected chi connectivity index (χ1v) is 7.36. The maximum atomic E-state index is 11.1. The van der Waals surface area contributed by atoms with Gasteiger partial charge in [0.25, 0.3) is 0 Å². The average molecular weight is 252 g/mol. The Morgan fingerprint density at radius 2 is 2.00 bits per heavy atom. The lowest BCUT2D eigenvalue weighted by molar-refractivity contribution is 0.185. The summed E-state index contributed by atoms with van der Waals surface area (Å²) in [7, 11) is -1.35. The zero-order chi connectivity index (χ0) is 12.4. The Bertz CT molecular complexity index is 255. The summed E-state index contributed by atoms with van der Waals surface area (Å²) >= 11 is 0. The van der Waals surface area contributed by atoms with Crippen LogP contribution in [0.15, 0.2) is 0 Å². The largest absolute Gasteiger partial charge is 0.385 e. The van der Waals surface area contributed by atoms with E-state index in [2.05, 4.69) is 17.0 Å². The molecule has 0 aromatic carbocycles. The van der Waals surface area contributed by atoms with Crippen LogP contribution in [-0.2, 0) is 14.8 Å². The highest BCUT2D eigenvalue weighted by molar-refractivity contribution is 7.89. The van der Waals surface area contributed by atoms with Crippen LogP contribution in [0.5, 0.6) is 0 Å². The topological polar surface area (TPSA) is 67.4 Å². The van der Waals surface area contributed by atoms with Gasteiger partial charge in [0, 0.05) is 26.3 Å². The Labute approximate surface area is 99.0 Å². The Morgan fingerprint density at radius 3 is 2.56 bits per heavy atom. The molecule has 0 rings (SSSR count). The highest BCUT2D eigenvalue weighted by Gasteiger charge is 2.04. The molecule has 0 heterocycles. The molecule has 1 atom stereocenters. The van der Waals surface area contributed by atoms with Crippen molar-refractivity contribution in [3.8, 4) is 0 Å². The van der Waals surface area contributed by atoms with E-state index >= 15 is 0 Å². The molecule has 5 nitrogen and oxygen atoms in total. The number of hydrogen-bond acceptors (Lipinski definition) is 4. The molecule has 1 unspecified atom stereocenters. The fourth-order valence-electron chi connectivity index (χ4n) is 1.16. The molecule has 16 heavy (non-hydrogen) atoms. The van der Waals surface area contributed by atoms with E-state index in [1.54, 1.807) is 14.0 Å². The minimum Gasteiger partial charge on any atom is -0.385 e. The molecule has 0 spiro atoms. The van der Waals surface area contributed by atoms with Gasteiger partial charge in [-0.15, -0.1) is 0 Å². The van der Waals surface area contributed by atoms with E-state index in [1.165, 1.54) is 0 Å². The molecule has 0 saturated heterocycles. The molecule has 6 heteroatoms. The number of sulfonamides is 1. The second kappa shape index (κ2) is 8.92. The van der Waals surface area contributed by atoms with Crippen LogP contribution in [0.2, 0.25) is 0 Å². The van der Waals surface area contributed by atoms with Gasteiger partial charge >= 0.3 is 0 Å². The van der Waals surface area contributed by atoms with Gasteiger partial charge in [0.2, 0.25) is 10.0 Å². The monoisotopic (exact) mass is 252 g/mol. The summed E-state index contributed by atoms with van der Waals surface area (Å²) in [6, 6.07) is 0.405. The molecular formula is C10H24N2O3S. The second-order valence-electron chi connectivity index (χ2n) is 3.79. The highest BCUT2D eigenvalue weighted by Crippen LogP contribution is 1.91. The fourth-order valence-corrected chi connectivity index (χ4v) is 1.82. The van der Waals surface area contributed by atoms with Crippen LogP contribution in [0.4, 0.5) is 0 Å². The van der Waals surface area contributed by atoms with Crippen molar-refractivity contribution in [3.63, 3.8) is 0 Å². The molecule has 0 aliphatic carbocycles. The van der Waals surface area contributed by atoms with Crippen LogP contribution in [0.3, 0.4) is 0 Å². The Balaban J connectivity index is 3.40. The molecule has 0 aromatic heterocycles. The molecule has 0 aliphatic heterocycles. The number of ether oxygens (including phenoxy) is 1. The van der Waals surface area contributed by atoms with Crippen LogP contribution < -0.4 is 10.0 Å². The third-order valence-corrected chi connectivity index (χ3v) is 3.71. The minimum absolute atomic E-state index is 0.144. The van der Waals surface area contributed by atoms with Gasteiger partial charge < -0.3 is 10.1 Å². The quantitative estimate of drug-likeness (QED) is 0.550. The molecule has 0 aliphatic rings. The third-order valence-electron chi connectivity index (χ3n) is 2.30. The van der Waals surface area contributed by atoms with E-state index in [1.807, 2.05) is 0 Å². The first kappa shape index (κ1) is 15.8. The predicted octanol–water partition coefficient (Wildman–Crippen LogP) is 0.330. The van der Waals surface area contributed by atoms with Crippen molar-refractivity contribution in [1.29, 1.82) is 0 Å². The average Bonchev–Trinajstić information content (AvgIpc) is 2.25. The Kier molecular flexibility index (Phi) is 8.83. The number of methoxy groups -OCH3 is 1. The lowest BCUT2D eigenvalue weighted by atomic mass is 10.2. The van der Waals surface area contributed by atoms with E-state index < -0.39 is 10.0 Å². The van der Waals surface area contributed by atoms with E-state index in [0.717, 1.165) is 26.0 Å². The van der Waals surface area contributed by atoms with Gasteiger partial charge in [0.15, 0.2) is 0 Å². The summed E-state index contributed by atoms with van der Waals surface area (Å²) in [5, 5.41) is 3.31. The minimum atomic E-state index is -3.03. The van der Waals surface area contributed by atoms with Gasteiger partial charge in [0.05, 0.1) is 5.75 Å². The van der Waals surface area contributed by atoms with Crippen LogP contribution in [-0.4, -0.2) is 47.0 Å². The van der Waals surface area contributed by atoms with Crippen molar-refractivity contribution < 1.29 is 13.2 Å². The van der Waals surface area contributed by atoms with Gasteiger partial charge in [-0.1, -0.05) is 0 Å². The fraction of sp³-hybridized carbons (Fsp3) is 1.00. The van der Waals surface area contributed by atoms with Gasteiger partial charge in [-0.25, -0.2) is 13.1 Å². The normalized spacial score (nSPS) is 13.9. The standard InChI is InChI=1S/C10H24N2O3S/c1-4-16(13,14)12-8-5-7-11-10(2)6-9-15-3/h10-12H,4-9H2,1-3H3. The number of rotatable bonds is 10. The third kappa shape index (κ3) is 9.08. The molecule has 0 fully saturated rings. The maximum absolute atomic E-state index is 11.1. The van der Waals surface area contributed by atoms with Crippen LogP contribution in [0, 0.1) is 0 Å². The zero-order valence-corrected chi connectivity index (χ0v) is 11.3. The summed E-state index contributed by atoms with van der Waals surface area (Å²) in [6.07, 6.45) is 1.77. The van der Waals surface area contributed by atoms with E-state index in [0.29, 0.717) is 12.6 Å². The van der Waals surface area contributed by atoms with Crippen LogP contribution in [0.25, 0.3) is 0 Å². The molecule has 2 N–H and O–H groups in total. The predicted molar refractivity (Wildman–Crippen MR) is 66.0 cm³/mol. The van der Waals surface area contributed by atoms with Crippen LogP contribution in [0.1, 0.15) is 26.7 Å². The molecule has 98 valence electrons. The molecular weight excluding hydrogens is 228 g/mol. The molecule has 0 aromatic rings. The zero-order valence-electron chi connectivity index (χ0n) is 10.5. The van der Waals surface area contributed by atoms with Gasteiger partial charge in [-0.05, 0) is 33.2 Å². The second-order valence-corrected chi connectivity index (χ2v) is 5.88. The first-order chi connectivity index (χ1) is 7.52. The van der Waals surface area contributed by atoms with Gasteiger partial charge in [0.1, 0.15) is 0 Å². The summed E-state index contributed by atoms with van der Waals surface area (Å²) in [5.74, 6) is 0.144. The lowest BCUT2D eigenvalue weighted by Gasteiger charge is -2.13. The SMILES string of the molecule is CCS(=O)(=O)NCCCNC(C)CCOC. The van der Waals surface area contributed by atoms with Crippen molar-refractivity contribution in [3.05, 3.63) is 0 Å². The molecule has 0 bridgehead atoms. The molecule has 0 amide bonds. The summed E-state index contributed by atoms with van der Waals surface area (Å²) in [4.78, 5) is 0. The number of nitrogens with one attached hydrogen (secondary N) is 2. The summed E-state index contributed by atoms with van der Waals surface area (Å²) in [6.45, 7) is 5.79. The van der Waals surface area contributed by atoms with Crippen molar-refractivity contribution in [2.75, 3.05) is 32.6 Å². The van der Waals surface area contributed by atoms with Crippen molar-refractivity contribution in [1.82, 2.24) is 10.0 Å². The van der Waals surface area contributed by atoms with Crippen LogP contribution >= 0.6 is 0 Å². The van der Waals surface area contributed by atoms with E-state index in [9.17, 15) is 8.42 Å². The first-order valence-electron chi connectivity index (χ1n) is 5.71. The smallest absolute Gasteiger partial charge is 0.211 e. The highest BCUT2D eigenvalue weighted by atomic mass is 32.2. The van der Waals surface area contributed by atoms with E-state index in [4.69, 9.17) is 4.74 Å². The maximum Gasteiger partial charge on any atom is 0.211 e. The lowest BCUT2D eigenvalue weighted by Crippen LogP contribution is -2.32. The van der Waals surface area contributed by atoms with Gasteiger partial charge in [-0.2, -0.15) is 0 Å². The van der Waals surface area contributed by atoms with Crippen molar-refractivity contribution in [2.45, 2.75) is 32.7 Å². The Morgan fingerprint density at radius 1 is 1.31 bits per heavy atom. The van der Waals surface area contributed by atoms with E-state index in [-0.39, 0.29) is 5.75 Å². The summed E-state index contributed by atoms with van der Waals surface area (Å²) < 4.78 is 29.7. The van der Waals surface area contributed by atoms with Crippen molar-refractivity contribution in [2.24, 2.45) is 0 Å². The van der Waals surface area contributed by atoms with Gasteiger partial charge in [-0.3, -0.25) is 0 Å². The molecule has 0 saturated carbocycles. The summed E-state index contributed by atoms with van der Waals surface area (Å²) in [5.41, 5.74) is 0. The molecule has 0 radical (unpaired) electrons. The van der Waals surface area contributed by atoms with Crippen molar-refractivity contribution >= 4 is 10.0 Å².